The lowest BCUT2D eigenvalue weighted by Crippen LogP contribution is -2.55. The number of imidazole rings is 1. The molecule has 2 saturated heterocycles. The van der Waals surface area contributed by atoms with Crippen molar-refractivity contribution < 1.29 is 18.3 Å². The van der Waals surface area contributed by atoms with Crippen LogP contribution in [0.1, 0.15) is 47.6 Å². The monoisotopic (exact) mass is 431 g/mol. The van der Waals surface area contributed by atoms with Crippen molar-refractivity contribution in [2.75, 3.05) is 31.7 Å². The van der Waals surface area contributed by atoms with Gasteiger partial charge in [0.1, 0.15) is 29.3 Å². The van der Waals surface area contributed by atoms with Gasteiger partial charge in [0.25, 0.3) is 5.91 Å². The fourth-order valence-electron chi connectivity index (χ4n) is 5.06. The summed E-state index contributed by atoms with van der Waals surface area (Å²) in [5.74, 6) is 0.257. The van der Waals surface area contributed by atoms with Crippen molar-refractivity contribution >= 4 is 5.91 Å². The van der Waals surface area contributed by atoms with E-state index in [4.69, 9.17) is 4.74 Å². The van der Waals surface area contributed by atoms with Crippen molar-refractivity contribution in [2.24, 2.45) is 11.8 Å². The van der Waals surface area contributed by atoms with E-state index in [1.54, 1.807) is 6.20 Å². The molecular weight excluding hydrogens is 404 g/mol. The molecule has 3 unspecified atom stereocenters. The number of hydrogen-bond acceptors (Lipinski definition) is 5. The zero-order chi connectivity index (χ0) is 21.5. The third kappa shape index (κ3) is 3.80. The lowest BCUT2D eigenvalue weighted by Gasteiger charge is -2.35. The van der Waals surface area contributed by atoms with E-state index >= 15 is 0 Å². The highest BCUT2D eigenvalue weighted by Gasteiger charge is 2.40. The number of amides is 1. The zero-order valence-electron chi connectivity index (χ0n) is 17.5. The van der Waals surface area contributed by atoms with Crippen molar-refractivity contribution in [3.8, 4) is 0 Å². The topological polar surface area (TPSA) is 71.4 Å². The molecule has 166 valence electrons. The predicted octanol–water partition coefficient (Wildman–Crippen LogP) is 2.44. The molecule has 1 aromatic heterocycles. The van der Waals surface area contributed by atoms with Crippen LogP contribution in [0.25, 0.3) is 0 Å². The Morgan fingerprint density at radius 1 is 1.19 bits per heavy atom. The summed E-state index contributed by atoms with van der Waals surface area (Å²) in [6, 6.07) is 3.96. The highest BCUT2D eigenvalue weighted by Crippen LogP contribution is 2.31. The van der Waals surface area contributed by atoms with E-state index < -0.39 is 11.6 Å². The molecule has 0 saturated carbocycles. The van der Waals surface area contributed by atoms with Gasteiger partial charge >= 0.3 is 0 Å². The molecule has 31 heavy (non-hydrogen) atoms. The molecule has 2 fully saturated rings. The molecule has 0 spiro atoms. The number of ether oxygens (including phenoxy) is 1. The fraction of sp³-hybridized carbons (Fsp3) is 0.545. The van der Waals surface area contributed by atoms with E-state index in [2.05, 4.69) is 22.7 Å². The normalized spacial score (nSPS) is 27.1. The molecule has 4 heterocycles. The van der Waals surface area contributed by atoms with Crippen LogP contribution in [-0.4, -0.2) is 52.9 Å². The third-order valence-corrected chi connectivity index (χ3v) is 6.78. The summed E-state index contributed by atoms with van der Waals surface area (Å²) in [6.07, 6.45) is 3.10. The molecule has 2 N–H and O–H groups in total. The number of benzene rings is 1. The molecule has 3 aliphatic heterocycles. The number of nitrogens with zero attached hydrogens (tertiary/aromatic N) is 3. The Bertz CT molecular complexity index is 955. The minimum atomic E-state index is -0.524. The SMILES string of the molecule is CC1CN(Cc2c(F)cccc2F)CC1C1NC(=O)c2cnc(C3CCOCC3)n2N1. The number of carbonyl (C=O) groups is 1. The average Bonchev–Trinajstić information content (AvgIpc) is 3.35. The van der Waals surface area contributed by atoms with Crippen LogP contribution in [0.5, 0.6) is 0 Å². The van der Waals surface area contributed by atoms with Crippen molar-refractivity contribution in [3.63, 3.8) is 0 Å². The lowest BCUT2D eigenvalue weighted by atomic mass is 9.94. The second-order valence-corrected chi connectivity index (χ2v) is 8.84. The summed E-state index contributed by atoms with van der Waals surface area (Å²) in [5, 5.41) is 3.06. The highest BCUT2D eigenvalue weighted by molar-refractivity contribution is 5.93. The summed E-state index contributed by atoms with van der Waals surface area (Å²) >= 11 is 0. The third-order valence-electron chi connectivity index (χ3n) is 6.78. The number of halogens is 2. The first-order chi connectivity index (χ1) is 15.0. The summed E-state index contributed by atoms with van der Waals surface area (Å²) in [4.78, 5) is 19.3. The van der Waals surface area contributed by atoms with Gasteiger partial charge < -0.3 is 15.5 Å². The number of aromatic nitrogens is 2. The number of carbonyl (C=O) groups excluding carboxylic acids is 1. The van der Waals surface area contributed by atoms with Crippen molar-refractivity contribution in [3.05, 3.63) is 53.1 Å². The van der Waals surface area contributed by atoms with E-state index in [1.807, 2.05) is 9.58 Å². The minimum Gasteiger partial charge on any atom is -0.381 e. The smallest absolute Gasteiger partial charge is 0.273 e. The molecule has 1 aromatic carbocycles. The van der Waals surface area contributed by atoms with Gasteiger partial charge in [-0.25, -0.2) is 18.4 Å². The average molecular weight is 431 g/mol. The predicted molar refractivity (Wildman–Crippen MR) is 110 cm³/mol. The molecule has 0 bridgehead atoms. The van der Waals surface area contributed by atoms with Crippen molar-refractivity contribution in [2.45, 2.75) is 38.4 Å². The first-order valence-electron chi connectivity index (χ1n) is 10.9. The summed E-state index contributed by atoms with van der Waals surface area (Å²) < 4.78 is 35.5. The lowest BCUT2D eigenvalue weighted by molar-refractivity contribution is 0.0818. The zero-order valence-corrected chi connectivity index (χ0v) is 17.5. The maximum atomic E-state index is 14.1. The Balaban J connectivity index is 1.32. The maximum absolute atomic E-state index is 14.1. The van der Waals surface area contributed by atoms with Gasteiger partial charge in [0.2, 0.25) is 0 Å². The van der Waals surface area contributed by atoms with Gasteiger partial charge in [-0.15, -0.1) is 0 Å². The summed E-state index contributed by atoms with van der Waals surface area (Å²) in [6.45, 7) is 5.05. The van der Waals surface area contributed by atoms with Crippen LogP contribution in [0.15, 0.2) is 24.4 Å². The minimum absolute atomic E-state index is 0.0923. The van der Waals surface area contributed by atoms with E-state index in [1.165, 1.54) is 18.2 Å². The molecule has 2 aromatic rings. The number of nitrogens with one attached hydrogen (secondary N) is 2. The van der Waals surface area contributed by atoms with Crippen LogP contribution in [-0.2, 0) is 11.3 Å². The van der Waals surface area contributed by atoms with Gasteiger partial charge in [-0.3, -0.25) is 9.69 Å². The number of fused-ring (bicyclic) bond motifs is 1. The van der Waals surface area contributed by atoms with Gasteiger partial charge in [-0.2, -0.15) is 0 Å². The summed E-state index contributed by atoms with van der Waals surface area (Å²) in [7, 11) is 0. The second kappa shape index (κ2) is 8.20. The number of likely N-dealkylation sites (tertiary alicyclic amines) is 1. The molecule has 5 rings (SSSR count). The van der Waals surface area contributed by atoms with Gasteiger partial charge in [0.05, 0.1) is 6.20 Å². The second-order valence-electron chi connectivity index (χ2n) is 8.84. The van der Waals surface area contributed by atoms with Crippen LogP contribution in [0, 0.1) is 23.5 Å². The van der Waals surface area contributed by atoms with Gasteiger partial charge in [0, 0.05) is 50.2 Å². The van der Waals surface area contributed by atoms with E-state index in [0.29, 0.717) is 32.0 Å². The summed E-state index contributed by atoms with van der Waals surface area (Å²) in [5.41, 5.74) is 4.06. The standard InChI is InChI=1S/C22H27F2N5O2/c1-13-10-28(12-16-17(23)3-2-4-18(16)24)11-15(13)20-26-22(30)19-9-25-21(29(19)27-20)14-5-7-31-8-6-14/h2-4,9,13-15,20,27H,5-8,10-12H2,1H3,(H,26,30). The van der Waals surface area contributed by atoms with E-state index in [9.17, 15) is 13.6 Å². The van der Waals surface area contributed by atoms with Gasteiger partial charge in [0.15, 0.2) is 0 Å². The molecule has 0 aliphatic carbocycles. The van der Waals surface area contributed by atoms with Crippen LogP contribution < -0.4 is 10.7 Å². The van der Waals surface area contributed by atoms with Crippen molar-refractivity contribution in [1.29, 1.82) is 0 Å². The fourth-order valence-corrected chi connectivity index (χ4v) is 5.06. The molecular formula is C22H27F2N5O2. The molecule has 9 heteroatoms. The van der Waals surface area contributed by atoms with Crippen molar-refractivity contribution in [1.82, 2.24) is 19.9 Å². The Hall–Kier alpha value is -2.52. The van der Waals surface area contributed by atoms with E-state index in [0.717, 1.165) is 18.7 Å². The molecule has 3 aliphatic rings. The first-order valence-corrected chi connectivity index (χ1v) is 10.9. The molecule has 1 amide bonds. The Labute approximate surface area is 179 Å². The number of hydrogen-bond donors (Lipinski definition) is 2. The quantitative estimate of drug-likeness (QED) is 0.778. The van der Waals surface area contributed by atoms with E-state index in [-0.39, 0.29) is 41.9 Å². The maximum Gasteiger partial charge on any atom is 0.273 e. The molecule has 3 atom stereocenters. The highest BCUT2D eigenvalue weighted by atomic mass is 19.1. The Morgan fingerprint density at radius 2 is 1.94 bits per heavy atom. The van der Waals surface area contributed by atoms with Gasteiger partial charge in [-0.05, 0) is 30.9 Å². The Kier molecular flexibility index (Phi) is 5.39. The Morgan fingerprint density at radius 3 is 2.68 bits per heavy atom. The molecule has 0 radical (unpaired) electrons. The van der Waals surface area contributed by atoms with Crippen LogP contribution in [0.4, 0.5) is 8.78 Å². The van der Waals surface area contributed by atoms with Gasteiger partial charge in [-0.1, -0.05) is 13.0 Å². The number of rotatable bonds is 4. The van der Waals surface area contributed by atoms with Crippen LogP contribution >= 0.6 is 0 Å². The van der Waals surface area contributed by atoms with Crippen LogP contribution in [0.3, 0.4) is 0 Å². The largest absolute Gasteiger partial charge is 0.381 e. The molecule has 7 nitrogen and oxygen atoms in total. The first kappa shape index (κ1) is 20.4. The van der Waals surface area contributed by atoms with Crippen LogP contribution in [0.2, 0.25) is 0 Å².